The summed E-state index contributed by atoms with van der Waals surface area (Å²) in [6, 6.07) is 2.72. The van der Waals surface area contributed by atoms with Gasteiger partial charge in [0.2, 0.25) is 0 Å². The molecule has 1 aromatic rings. The third-order valence-electron chi connectivity index (χ3n) is 3.03. The standard InChI is InChI=1S/C12H20BrNS/c1-4-10(5-2)9(3)14-8-12-11(13)6-7-15-12/h6-7,9-10,14H,4-5,8H2,1-3H3. The van der Waals surface area contributed by atoms with Crippen LogP contribution in [0.25, 0.3) is 0 Å². The lowest BCUT2D eigenvalue weighted by molar-refractivity contribution is 0.354. The topological polar surface area (TPSA) is 12.0 Å². The Hall–Kier alpha value is 0.140. The van der Waals surface area contributed by atoms with Crippen LogP contribution >= 0.6 is 27.3 Å². The fourth-order valence-electron chi connectivity index (χ4n) is 1.87. The van der Waals surface area contributed by atoms with Crippen LogP contribution in [0, 0.1) is 5.92 Å². The van der Waals surface area contributed by atoms with Crippen molar-refractivity contribution in [3.05, 3.63) is 20.8 Å². The number of hydrogen-bond acceptors (Lipinski definition) is 2. The average molecular weight is 290 g/mol. The molecule has 15 heavy (non-hydrogen) atoms. The zero-order valence-corrected chi connectivity index (χ0v) is 12.1. The zero-order chi connectivity index (χ0) is 11.3. The van der Waals surface area contributed by atoms with E-state index in [-0.39, 0.29) is 0 Å². The molecule has 1 N–H and O–H groups in total. The van der Waals surface area contributed by atoms with Crippen LogP contribution < -0.4 is 5.32 Å². The van der Waals surface area contributed by atoms with E-state index in [1.54, 1.807) is 0 Å². The zero-order valence-electron chi connectivity index (χ0n) is 9.72. The molecule has 1 nitrogen and oxygen atoms in total. The second-order valence-electron chi connectivity index (χ2n) is 3.94. The molecule has 0 amide bonds. The van der Waals surface area contributed by atoms with E-state index >= 15 is 0 Å². The van der Waals surface area contributed by atoms with Gasteiger partial charge in [-0.1, -0.05) is 26.7 Å². The monoisotopic (exact) mass is 289 g/mol. The Bertz CT molecular complexity index is 281. The predicted molar refractivity (Wildman–Crippen MR) is 72.4 cm³/mol. The summed E-state index contributed by atoms with van der Waals surface area (Å²) in [6.07, 6.45) is 2.52. The van der Waals surface area contributed by atoms with Gasteiger partial charge in [-0.05, 0) is 40.2 Å². The van der Waals surface area contributed by atoms with E-state index in [0.29, 0.717) is 6.04 Å². The number of nitrogens with one attached hydrogen (secondary N) is 1. The average Bonchev–Trinajstić information content (AvgIpc) is 2.63. The lowest BCUT2D eigenvalue weighted by atomic mass is 9.95. The molecule has 0 aliphatic rings. The van der Waals surface area contributed by atoms with Gasteiger partial charge in [-0.2, -0.15) is 0 Å². The number of rotatable bonds is 6. The van der Waals surface area contributed by atoms with Crippen LogP contribution in [0.2, 0.25) is 0 Å². The van der Waals surface area contributed by atoms with Crippen LogP contribution in [0.5, 0.6) is 0 Å². The van der Waals surface area contributed by atoms with Gasteiger partial charge in [-0.3, -0.25) is 0 Å². The van der Waals surface area contributed by atoms with Gasteiger partial charge in [0.25, 0.3) is 0 Å². The highest BCUT2D eigenvalue weighted by molar-refractivity contribution is 9.10. The summed E-state index contributed by atoms with van der Waals surface area (Å²) >= 11 is 5.37. The molecule has 86 valence electrons. The Morgan fingerprint density at radius 1 is 1.40 bits per heavy atom. The molecule has 1 atom stereocenters. The van der Waals surface area contributed by atoms with Crippen LogP contribution in [0.15, 0.2) is 15.9 Å². The molecule has 0 radical (unpaired) electrons. The minimum Gasteiger partial charge on any atom is -0.309 e. The van der Waals surface area contributed by atoms with Gasteiger partial charge in [0.05, 0.1) is 0 Å². The van der Waals surface area contributed by atoms with Crippen molar-refractivity contribution in [2.45, 2.75) is 46.2 Å². The molecule has 3 heteroatoms. The number of thiophene rings is 1. The molecule has 0 saturated heterocycles. The van der Waals surface area contributed by atoms with Gasteiger partial charge in [0, 0.05) is 21.9 Å². The minimum absolute atomic E-state index is 0.606. The first kappa shape index (κ1) is 13.2. The number of halogens is 1. The van der Waals surface area contributed by atoms with Gasteiger partial charge >= 0.3 is 0 Å². The second-order valence-corrected chi connectivity index (χ2v) is 5.79. The quantitative estimate of drug-likeness (QED) is 0.817. The minimum atomic E-state index is 0.606. The van der Waals surface area contributed by atoms with E-state index in [4.69, 9.17) is 0 Å². The second kappa shape index (κ2) is 6.66. The Morgan fingerprint density at radius 2 is 2.07 bits per heavy atom. The van der Waals surface area contributed by atoms with Gasteiger partial charge in [-0.25, -0.2) is 0 Å². The molecule has 1 unspecified atom stereocenters. The van der Waals surface area contributed by atoms with E-state index in [1.165, 1.54) is 22.2 Å². The normalized spacial score (nSPS) is 13.4. The van der Waals surface area contributed by atoms with E-state index in [0.717, 1.165) is 12.5 Å². The SMILES string of the molecule is CCC(CC)C(C)NCc1sccc1Br. The first-order valence-corrected chi connectivity index (χ1v) is 7.31. The molecule has 0 bridgehead atoms. The Labute approximate surface area is 105 Å². The van der Waals surface area contributed by atoms with Crippen molar-refractivity contribution >= 4 is 27.3 Å². The first-order valence-electron chi connectivity index (χ1n) is 5.64. The highest BCUT2D eigenvalue weighted by atomic mass is 79.9. The van der Waals surface area contributed by atoms with E-state index in [1.807, 2.05) is 11.3 Å². The molecule has 0 fully saturated rings. The summed E-state index contributed by atoms with van der Waals surface area (Å²) in [5, 5.41) is 5.74. The lowest BCUT2D eigenvalue weighted by Crippen LogP contribution is -2.32. The van der Waals surface area contributed by atoms with Crippen molar-refractivity contribution in [3.63, 3.8) is 0 Å². The van der Waals surface area contributed by atoms with Crippen molar-refractivity contribution in [2.75, 3.05) is 0 Å². The summed E-state index contributed by atoms with van der Waals surface area (Å²) in [4.78, 5) is 1.40. The van der Waals surface area contributed by atoms with Crippen LogP contribution in [-0.4, -0.2) is 6.04 Å². The van der Waals surface area contributed by atoms with Crippen molar-refractivity contribution in [1.82, 2.24) is 5.32 Å². The fraction of sp³-hybridized carbons (Fsp3) is 0.667. The Balaban J connectivity index is 2.40. The van der Waals surface area contributed by atoms with Crippen LogP contribution in [0.4, 0.5) is 0 Å². The van der Waals surface area contributed by atoms with Crippen molar-refractivity contribution in [2.24, 2.45) is 5.92 Å². The maximum absolute atomic E-state index is 3.61. The van der Waals surface area contributed by atoms with Gasteiger partial charge in [0.1, 0.15) is 0 Å². The highest BCUT2D eigenvalue weighted by Crippen LogP contribution is 2.23. The fourth-order valence-corrected chi connectivity index (χ4v) is 3.31. The summed E-state index contributed by atoms with van der Waals surface area (Å²) < 4.78 is 1.23. The van der Waals surface area contributed by atoms with Gasteiger partial charge in [-0.15, -0.1) is 11.3 Å². The lowest BCUT2D eigenvalue weighted by Gasteiger charge is -2.22. The molecule has 0 aliphatic heterocycles. The first-order chi connectivity index (χ1) is 7.19. The van der Waals surface area contributed by atoms with E-state index in [2.05, 4.69) is 53.5 Å². The number of hydrogen-bond donors (Lipinski definition) is 1. The van der Waals surface area contributed by atoms with Crippen molar-refractivity contribution in [3.8, 4) is 0 Å². The van der Waals surface area contributed by atoms with Crippen molar-refractivity contribution in [1.29, 1.82) is 0 Å². The maximum atomic E-state index is 3.61. The molecule has 1 aromatic heterocycles. The predicted octanol–water partition coefficient (Wildman–Crippen LogP) is 4.42. The van der Waals surface area contributed by atoms with Crippen LogP contribution in [-0.2, 0) is 6.54 Å². The van der Waals surface area contributed by atoms with Crippen LogP contribution in [0.3, 0.4) is 0 Å². The molecule has 0 spiro atoms. The maximum Gasteiger partial charge on any atom is 0.0327 e. The third kappa shape index (κ3) is 3.89. The summed E-state index contributed by atoms with van der Waals surface area (Å²) in [5.41, 5.74) is 0. The molecular formula is C12H20BrNS. The van der Waals surface area contributed by atoms with E-state index < -0.39 is 0 Å². The highest BCUT2D eigenvalue weighted by Gasteiger charge is 2.13. The van der Waals surface area contributed by atoms with Gasteiger partial charge in [0.15, 0.2) is 0 Å². The summed E-state index contributed by atoms with van der Waals surface area (Å²) in [6.45, 7) is 7.82. The summed E-state index contributed by atoms with van der Waals surface area (Å²) in [5.74, 6) is 0.795. The molecule has 0 aliphatic carbocycles. The molecule has 0 aromatic carbocycles. The largest absolute Gasteiger partial charge is 0.309 e. The Kier molecular flexibility index (Phi) is 5.87. The summed E-state index contributed by atoms with van der Waals surface area (Å²) in [7, 11) is 0. The Morgan fingerprint density at radius 3 is 2.53 bits per heavy atom. The third-order valence-corrected chi connectivity index (χ3v) is 4.96. The van der Waals surface area contributed by atoms with E-state index in [9.17, 15) is 0 Å². The smallest absolute Gasteiger partial charge is 0.0327 e. The molecule has 0 saturated carbocycles. The van der Waals surface area contributed by atoms with Crippen molar-refractivity contribution < 1.29 is 0 Å². The van der Waals surface area contributed by atoms with Crippen LogP contribution in [0.1, 0.15) is 38.5 Å². The molecule has 1 rings (SSSR count). The van der Waals surface area contributed by atoms with Gasteiger partial charge < -0.3 is 5.32 Å². The molecule has 1 heterocycles. The molecular weight excluding hydrogens is 270 g/mol.